The molecule has 0 fully saturated rings. The van der Waals surface area contributed by atoms with E-state index in [2.05, 4.69) is 16.7 Å². The molecule has 0 saturated heterocycles. The van der Waals surface area contributed by atoms with E-state index in [-0.39, 0.29) is 11.6 Å². The van der Waals surface area contributed by atoms with E-state index in [4.69, 9.17) is 4.74 Å². The average Bonchev–Trinajstić information content (AvgIpc) is 2.27. The third-order valence-corrected chi connectivity index (χ3v) is 2.60. The summed E-state index contributed by atoms with van der Waals surface area (Å²) in [6, 6.07) is 5.92. The molecule has 2 amide bonds. The molecule has 4 nitrogen and oxygen atoms in total. The first-order valence-corrected chi connectivity index (χ1v) is 6.51. The zero-order valence-corrected chi connectivity index (χ0v) is 12.5. The first-order valence-electron chi connectivity index (χ1n) is 6.51. The second-order valence-electron chi connectivity index (χ2n) is 5.70. The van der Waals surface area contributed by atoms with Crippen LogP contribution in [0.15, 0.2) is 18.2 Å². The van der Waals surface area contributed by atoms with Crippen molar-refractivity contribution >= 4 is 6.03 Å². The van der Waals surface area contributed by atoms with Crippen molar-refractivity contribution in [2.24, 2.45) is 0 Å². The lowest BCUT2D eigenvalue weighted by Gasteiger charge is -2.20. The van der Waals surface area contributed by atoms with Crippen LogP contribution in [0.4, 0.5) is 4.79 Å². The van der Waals surface area contributed by atoms with E-state index in [0.29, 0.717) is 6.54 Å². The number of carbonyl (C=O) groups is 1. The molecule has 4 heteroatoms. The SMILES string of the molecule is COc1ccc(C)cc1CCNC(=O)NC(C)(C)C. The van der Waals surface area contributed by atoms with Crippen LogP contribution in [0.25, 0.3) is 0 Å². The van der Waals surface area contributed by atoms with Gasteiger partial charge in [0.05, 0.1) is 7.11 Å². The van der Waals surface area contributed by atoms with Crippen molar-refractivity contribution in [3.8, 4) is 5.75 Å². The monoisotopic (exact) mass is 264 g/mol. The normalized spacial score (nSPS) is 11.0. The predicted octanol–water partition coefficient (Wildman–Crippen LogP) is 2.64. The fraction of sp³-hybridized carbons (Fsp3) is 0.533. The fourth-order valence-corrected chi connectivity index (χ4v) is 1.80. The molecule has 1 rings (SSSR count). The number of amides is 2. The van der Waals surface area contributed by atoms with Crippen molar-refractivity contribution in [1.29, 1.82) is 0 Å². The average molecular weight is 264 g/mol. The molecule has 2 N–H and O–H groups in total. The number of hydrogen-bond acceptors (Lipinski definition) is 2. The molecular weight excluding hydrogens is 240 g/mol. The van der Waals surface area contributed by atoms with Gasteiger partial charge in [-0.1, -0.05) is 17.7 Å². The number of hydrogen-bond donors (Lipinski definition) is 2. The van der Waals surface area contributed by atoms with Gasteiger partial charge in [0.15, 0.2) is 0 Å². The van der Waals surface area contributed by atoms with Crippen molar-refractivity contribution in [2.45, 2.75) is 39.7 Å². The molecule has 0 aliphatic heterocycles. The Morgan fingerprint density at radius 3 is 2.58 bits per heavy atom. The third-order valence-electron chi connectivity index (χ3n) is 2.60. The van der Waals surface area contributed by atoms with Crippen molar-refractivity contribution in [1.82, 2.24) is 10.6 Å². The van der Waals surface area contributed by atoms with Crippen LogP contribution >= 0.6 is 0 Å². The van der Waals surface area contributed by atoms with E-state index in [1.165, 1.54) is 5.56 Å². The second kappa shape index (κ2) is 6.45. The van der Waals surface area contributed by atoms with E-state index in [9.17, 15) is 4.79 Å². The van der Waals surface area contributed by atoms with E-state index in [0.717, 1.165) is 17.7 Å². The maximum absolute atomic E-state index is 11.6. The highest BCUT2D eigenvalue weighted by molar-refractivity contribution is 5.74. The third kappa shape index (κ3) is 5.64. The van der Waals surface area contributed by atoms with Crippen LogP contribution in [0.1, 0.15) is 31.9 Å². The summed E-state index contributed by atoms with van der Waals surface area (Å²) in [7, 11) is 1.66. The Morgan fingerprint density at radius 2 is 2.00 bits per heavy atom. The maximum atomic E-state index is 11.6. The zero-order valence-electron chi connectivity index (χ0n) is 12.5. The Balaban J connectivity index is 2.49. The molecule has 0 atom stereocenters. The number of methoxy groups -OCH3 is 1. The molecule has 1 aromatic rings. The Bertz CT molecular complexity index is 436. The predicted molar refractivity (Wildman–Crippen MR) is 77.7 cm³/mol. The standard InChI is InChI=1S/C15H24N2O2/c1-11-6-7-13(19-5)12(10-11)8-9-16-14(18)17-15(2,3)4/h6-7,10H,8-9H2,1-5H3,(H2,16,17,18). The topological polar surface area (TPSA) is 50.4 Å². The Hall–Kier alpha value is -1.71. The van der Waals surface area contributed by atoms with Gasteiger partial charge in [0.2, 0.25) is 0 Å². The van der Waals surface area contributed by atoms with Crippen molar-refractivity contribution in [2.75, 3.05) is 13.7 Å². The van der Waals surface area contributed by atoms with Crippen LogP contribution in [0.5, 0.6) is 5.75 Å². The molecule has 0 spiro atoms. The van der Waals surface area contributed by atoms with Crippen molar-refractivity contribution in [3.05, 3.63) is 29.3 Å². The van der Waals surface area contributed by atoms with E-state index in [1.807, 2.05) is 39.8 Å². The van der Waals surface area contributed by atoms with Gasteiger partial charge in [-0.3, -0.25) is 0 Å². The molecule has 0 heterocycles. The number of benzene rings is 1. The summed E-state index contributed by atoms with van der Waals surface area (Å²) in [4.78, 5) is 11.6. The first kappa shape index (κ1) is 15.3. The lowest BCUT2D eigenvalue weighted by atomic mass is 10.1. The molecule has 0 bridgehead atoms. The minimum absolute atomic E-state index is 0.140. The number of urea groups is 1. The molecular formula is C15H24N2O2. The molecule has 0 aliphatic carbocycles. The lowest BCUT2D eigenvalue weighted by molar-refractivity contribution is 0.232. The number of aryl methyl sites for hydroxylation is 1. The van der Waals surface area contributed by atoms with Gasteiger partial charge in [0, 0.05) is 12.1 Å². The molecule has 19 heavy (non-hydrogen) atoms. The summed E-state index contributed by atoms with van der Waals surface area (Å²) >= 11 is 0. The summed E-state index contributed by atoms with van der Waals surface area (Å²) in [6.07, 6.45) is 0.752. The second-order valence-corrected chi connectivity index (χ2v) is 5.70. The van der Waals surface area contributed by atoms with Gasteiger partial charge in [-0.25, -0.2) is 4.79 Å². The van der Waals surface area contributed by atoms with Crippen LogP contribution in [0.3, 0.4) is 0 Å². The summed E-state index contributed by atoms with van der Waals surface area (Å²) in [5, 5.41) is 5.72. The summed E-state index contributed by atoms with van der Waals surface area (Å²) in [6.45, 7) is 8.49. The number of carbonyl (C=O) groups excluding carboxylic acids is 1. The van der Waals surface area contributed by atoms with Crippen LogP contribution < -0.4 is 15.4 Å². The van der Waals surface area contributed by atoms with Crippen molar-refractivity contribution < 1.29 is 9.53 Å². The van der Waals surface area contributed by atoms with E-state index < -0.39 is 0 Å². The maximum Gasteiger partial charge on any atom is 0.315 e. The number of nitrogens with one attached hydrogen (secondary N) is 2. The van der Waals surface area contributed by atoms with Crippen molar-refractivity contribution in [3.63, 3.8) is 0 Å². The molecule has 0 unspecified atom stereocenters. The van der Waals surface area contributed by atoms with Gasteiger partial charge >= 0.3 is 6.03 Å². The van der Waals surface area contributed by atoms with Gasteiger partial charge in [0.1, 0.15) is 5.75 Å². The highest BCUT2D eigenvalue weighted by Gasteiger charge is 2.13. The summed E-state index contributed by atoms with van der Waals surface area (Å²) in [5.74, 6) is 0.864. The van der Waals surface area contributed by atoms with Crippen LogP contribution in [0.2, 0.25) is 0 Å². The fourth-order valence-electron chi connectivity index (χ4n) is 1.80. The largest absolute Gasteiger partial charge is 0.496 e. The molecule has 0 radical (unpaired) electrons. The Labute approximate surface area is 115 Å². The molecule has 0 saturated carbocycles. The summed E-state index contributed by atoms with van der Waals surface area (Å²) in [5.41, 5.74) is 2.08. The zero-order chi connectivity index (χ0) is 14.5. The van der Waals surface area contributed by atoms with Gasteiger partial charge < -0.3 is 15.4 Å². The van der Waals surface area contributed by atoms with Gasteiger partial charge in [-0.2, -0.15) is 0 Å². The van der Waals surface area contributed by atoms with Crippen LogP contribution in [0, 0.1) is 6.92 Å². The summed E-state index contributed by atoms with van der Waals surface area (Å²) < 4.78 is 5.31. The Kier molecular flexibility index (Phi) is 5.21. The molecule has 1 aromatic carbocycles. The van der Waals surface area contributed by atoms with Gasteiger partial charge in [-0.05, 0) is 45.7 Å². The minimum Gasteiger partial charge on any atom is -0.496 e. The number of rotatable bonds is 4. The quantitative estimate of drug-likeness (QED) is 0.878. The highest BCUT2D eigenvalue weighted by atomic mass is 16.5. The highest BCUT2D eigenvalue weighted by Crippen LogP contribution is 2.19. The molecule has 106 valence electrons. The number of ether oxygens (including phenoxy) is 1. The smallest absolute Gasteiger partial charge is 0.315 e. The first-order chi connectivity index (χ1) is 8.81. The van der Waals surface area contributed by atoms with Gasteiger partial charge in [-0.15, -0.1) is 0 Å². The molecule has 0 aliphatic rings. The lowest BCUT2D eigenvalue weighted by Crippen LogP contribution is -2.46. The molecule has 0 aromatic heterocycles. The van der Waals surface area contributed by atoms with E-state index >= 15 is 0 Å². The van der Waals surface area contributed by atoms with E-state index in [1.54, 1.807) is 7.11 Å². The van der Waals surface area contributed by atoms with Crippen LogP contribution in [-0.2, 0) is 6.42 Å². The minimum atomic E-state index is -0.217. The van der Waals surface area contributed by atoms with Crippen LogP contribution in [-0.4, -0.2) is 25.2 Å². The Morgan fingerprint density at radius 1 is 1.32 bits per heavy atom. The van der Waals surface area contributed by atoms with Gasteiger partial charge in [0.25, 0.3) is 0 Å².